The van der Waals surface area contributed by atoms with Crippen molar-refractivity contribution in [1.82, 2.24) is 14.3 Å². The number of aryl methyl sites for hydroxylation is 1. The van der Waals surface area contributed by atoms with Gasteiger partial charge in [0.2, 0.25) is 0 Å². The van der Waals surface area contributed by atoms with Gasteiger partial charge in [0.1, 0.15) is 5.82 Å². The van der Waals surface area contributed by atoms with Gasteiger partial charge in [0, 0.05) is 19.1 Å². The quantitative estimate of drug-likeness (QED) is 0.843. The van der Waals surface area contributed by atoms with Crippen LogP contribution in [-0.4, -0.2) is 41.8 Å². The first-order chi connectivity index (χ1) is 8.41. The number of rotatable bonds is 3. The number of nitrogens with two attached hydrogens (primary N) is 1. The van der Waals surface area contributed by atoms with E-state index >= 15 is 0 Å². The molecule has 0 spiro atoms. The molecule has 0 atom stereocenters. The minimum absolute atomic E-state index is 0.0402. The molecule has 1 saturated carbocycles. The van der Waals surface area contributed by atoms with Crippen molar-refractivity contribution in [3.63, 3.8) is 0 Å². The maximum absolute atomic E-state index is 12.3. The second-order valence-corrected chi connectivity index (χ2v) is 6.89. The maximum Gasteiger partial charge on any atom is 0.260 e. The van der Waals surface area contributed by atoms with E-state index in [2.05, 4.69) is 9.97 Å². The van der Waals surface area contributed by atoms with Gasteiger partial charge in [-0.1, -0.05) is 0 Å². The van der Waals surface area contributed by atoms with Crippen molar-refractivity contribution in [2.45, 2.75) is 49.7 Å². The lowest BCUT2D eigenvalue weighted by atomic mass is 9.92. The highest BCUT2D eigenvalue weighted by atomic mass is 32.2. The van der Waals surface area contributed by atoms with Gasteiger partial charge in [0.15, 0.2) is 5.03 Å². The Labute approximate surface area is 108 Å². The summed E-state index contributed by atoms with van der Waals surface area (Å²) in [6.07, 6.45) is 4.78. The summed E-state index contributed by atoms with van der Waals surface area (Å²) < 4.78 is 26.1. The number of aromatic amines is 1. The average molecular weight is 272 g/mol. The van der Waals surface area contributed by atoms with E-state index in [0.717, 1.165) is 25.7 Å². The summed E-state index contributed by atoms with van der Waals surface area (Å²) in [4.78, 5) is 6.72. The van der Waals surface area contributed by atoms with Crippen LogP contribution in [0.3, 0.4) is 0 Å². The average Bonchev–Trinajstić information content (AvgIpc) is 2.76. The van der Waals surface area contributed by atoms with Gasteiger partial charge in [-0.2, -0.15) is 4.31 Å². The van der Waals surface area contributed by atoms with Crippen LogP contribution in [0.25, 0.3) is 0 Å². The lowest BCUT2D eigenvalue weighted by molar-refractivity contribution is 0.268. The first kappa shape index (κ1) is 13.5. The zero-order valence-electron chi connectivity index (χ0n) is 10.8. The van der Waals surface area contributed by atoms with Gasteiger partial charge in [-0.15, -0.1) is 0 Å². The van der Waals surface area contributed by atoms with E-state index in [-0.39, 0.29) is 17.1 Å². The van der Waals surface area contributed by atoms with Gasteiger partial charge in [-0.25, -0.2) is 13.4 Å². The van der Waals surface area contributed by atoms with E-state index < -0.39 is 10.0 Å². The maximum atomic E-state index is 12.3. The van der Waals surface area contributed by atoms with Crippen LogP contribution in [0.1, 0.15) is 31.5 Å². The van der Waals surface area contributed by atoms with Gasteiger partial charge in [0.25, 0.3) is 10.0 Å². The molecule has 2 rings (SSSR count). The zero-order valence-corrected chi connectivity index (χ0v) is 11.6. The summed E-state index contributed by atoms with van der Waals surface area (Å²) in [6, 6.07) is 0.255. The molecule has 1 fully saturated rings. The number of nitrogens with zero attached hydrogens (tertiary/aromatic N) is 2. The van der Waals surface area contributed by atoms with Crippen LogP contribution in [0.5, 0.6) is 0 Å². The Balaban J connectivity index is 2.15. The smallest absolute Gasteiger partial charge is 0.260 e. The van der Waals surface area contributed by atoms with Crippen molar-refractivity contribution in [1.29, 1.82) is 0 Å². The second kappa shape index (κ2) is 4.99. The Morgan fingerprint density at radius 3 is 2.50 bits per heavy atom. The molecule has 1 aromatic rings. The minimum Gasteiger partial charge on any atom is -0.332 e. The molecule has 1 aromatic heterocycles. The molecule has 0 bridgehead atoms. The summed E-state index contributed by atoms with van der Waals surface area (Å²) in [7, 11) is -1.83. The second-order valence-electron chi connectivity index (χ2n) is 4.92. The van der Waals surface area contributed by atoms with Gasteiger partial charge in [0.05, 0.1) is 6.20 Å². The van der Waals surface area contributed by atoms with Crippen LogP contribution in [0.15, 0.2) is 11.2 Å². The summed E-state index contributed by atoms with van der Waals surface area (Å²) >= 11 is 0. The summed E-state index contributed by atoms with van der Waals surface area (Å²) in [5.41, 5.74) is 5.84. The van der Waals surface area contributed by atoms with E-state index in [1.807, 2.05) is 0 Å². The predicted octanol–water partition coefficient (Wildman–Crippen LogP) is 0.609. The Kier molecular flexibility index (Phi) is 3.74. The highest BCUT2D eigenvalue weighted by Gasteiger charge is 2.31. The molecule has 0 aliphatic heterocycles. The van der Waals surface area contributed by atoms with E-state index in [0.29, 0.717) is 5.82 Å². The van der Waals surface area contributed by atoms with Crippen LogP contribution >= 0.6 is 0 Å². The highest BCUT2D eigenvalue weighted by Crippen LogP contribution is 2.25. The van der Waals surface area contributed by atoms with Crippen molar-refractivity contribution in [2.75, 3.05) is 7.05 Å². The molecule has 7 heteroatoms. The fraction of sp³-hybridized carbons (Fsp3) is 0.727. The summed E-state index contributed by atoms with van der Waals surface area (Å²) in [6.45, 7) is 1.73. The normalized spacial score (nSPS) is 25.6. The molecular weight excluding hydrogens is 252 g/mol. The first-order valence-electron chi connectivity index (χ1n) is 6.16. The molecule has 0 aromatic carbocycles. The molecule has 3 N–H and O–H groups in total. The highest BCUT2D eigenvalue weighted by molar-refractivity contribution is 7.89. The molecule has 6 nitrogen and oxygen atoms in total. The molecule has 1 aliphatic carbocycles. The van der Waals surface area contributed by atoms with Crippen LogP contribution in [0.4, 0.5) is 0 Å². The molecule has 0 radical (unpaired) electrons. The molecule has 0 unspecified atom stereocenters. The Hall–Kier alpha value is -0.920. The fourth-order valence-corrected chi connectivity index (χ4v) is 3.72. The van der Waals surface area contributed by atoms with Crippen molar-refractivity contribution in [3.8, 4) is 0 Å². The molecule has 102 valence electrons. The molecule has 1 aliphatic rings. The van der Waals surface area contributed by atoms with Gasteiger partial charge in [-0.3, -0.25) is 0 Å². The molecule has 18 heavy (non-hydrogen) atoms. The number of H-pyrrole nitrogens is 1. The van der Waals surface area contributed by atoms with Gasteiger partial charge in [-0.05, 0) is 32.6 Å². The lowest BCUT2D eigenvalue weighted by Crippen LogP contribution is -2.41. The number of hydrogen-bond acceptors (Lipinski definition) is 4. The van der Waals surface area contributed by atoms with Crippen LogP contribution < -0.4 is 5.73 Å². The topological polar surface area (TPSA) is 92.1 Å². The Morgan fingerprint density at radius 2 is 2.00 bits per heavy atom. The van der Waals surface area contributed by atoms with E-state index in [1.165, 1.54) is 10.5 Å². The largest absolute Gasteiger partial charge is 0.332 e. The van der Waals surface area contributed by atoms with E-state index in [1.54, 1.807) is 14.0 Å². The molecule has 0 saturated heterocycles. The minimum atomic E-state index is -3.46. The number of nitrogens with one attached hydrogen (secondary N) is 1. The molecular formula is C11H20N4O2S. The Morgan fingerprint density at radius 1 is 1.39 bits per heavy atom. The molecule has 1 heterocycles. The number of aromatic nitrogens is 2. The standard InChI is InChI=1S/C11H20N4O2S/c1-8-13-7-11(14-8)18(16,17)15(2)10-5-3-9(12)4-6-10/h7,9-10H,3-6,12H2,1-2H3,(H,13,14). The third-order valence-electron chi connectivity index (χ3n) is 3.59. The Bertz CT molecular complexity index is 503. The fourth-order valence-electron chi connectivity index (χ4n) is 2.35. The van der Waals surface area contributed by atoms with Crippen molar-refractivity contribution in [3.05, 3.63) is 12.0 Å². The van der Waals surface area contributed by atoms with Crippen LogP contribution in [0, 0.1) is 6.92 Å². The third-order valence-corrected chi connectivity index (χ3v) is 5.41. The van der Waals surface area contributed by atoms with Gasteiger partial charge >= 0.3 is 0 Å². The summed E-state index contributed by atoms with van der Waals surface area (Å²) in [5, 5.41) is 0.164. The van der Waals surface area contributed by atoms with Crippen molar-refractivity contribution < 1.29 is 8.42 Å². The van der Waals surface area contributed by atoms with E-state index in [4.69, 9.17) is 5.73 Å². The van der Waals surface area contributed by atoms with Crippen molar-refractivity contribution in [2.24, 2.45) is 5.73 Å². The SMILES string of the molecule is Cc1ncc(S(=O)(=O)N(C)C2CCC(N)CC2)[nH]1. The van der Waals surface area contributed by atoms with Crippen LogP contribution in [0.2, 0.25) is 0 Å². The third kappa shape index (κ3) is 2.57. The van der Waals surface area contributed by atoms with Crippen molar-refractivity contribution >= 4 is 10.0 Å². The number of hydrogen-bond donors (Lipinski definition) is 2. The lowest BCUT2D eigenvalue weighted by Gasteiger charge is -2.32. The number of sulfonamides is 1. The first-order valence-corrected chi connectivity index (χ1v) is 7.60. The number of imidazole rings is 1. The predicted molar refractivity (Wildman–Crippen MR) is 68.5 cm³/mol. The van der Waals surface area contributed by atoms with E-state index in [9.17, 15) is 8.42 Å². The molecule has 0 amide bonds. The van der Waals surface area contributed by atoms with Gasteiger partial charge < -0.3 is 10.7 Å². The van der Waals surface area contributed by atoms with Crippen LogP contribution in [-0.2, 0) is 10.0 Å². The zero-order chi connectivity index (χ0) is 13.3. The summed E-state index contributed by atoms with van der Waals surface area (Å²) in [5.74, 6) is 0.604. The monoisotopic (exact) mass is 272 g/mol.